The van der Waals surface area contributed by atoms with Crippen LogP contribution in [0.5, 0.6) is 17.2 Å². The second-order valence-corrected chi connectivity index (χ2v) is 7.39. The molecule has 5 nitrogen and oxygen atoms in total. The lowest BCUT2D eigenvalue weighted by Gasteiger charge is -2.15. The van der Waals surface area contributed by atoms with Crippen molar-refractivity contribution in [2.24, 2.45) is 0 Å². The molecule has 3 aromatic rings. The first-order valence-corrected chi connectivity index (χ1v) is 11.2. The Morgan fingerprint density at radius 1 is 1.03 bits per heavy atom. The normalized spacial score (nSPS) is 10.2. The number of halogens is 1. The number of methoxy groups -OCH3 is 2. The zero-order valence-electron chi connectivity index (χ0n) is 20.9. The van der Waals surface area contributed by atoms with E-state index in [4.69, 9.17) is 21.1 Å². The molecule has 0 aliphatic carbocycles. The van der Waals surface area contributed by atoms with Gasteiger partial charge in [-0.1, -0.05) is 43.6 Å². The molecule has 34 heavy (non-hydrogen) atoms. The number of rotatable bonds is 6. The summed E-state index contributed by atoms with van der Waals surface area (Å²) >= 11 is 6.44. The van der Waals surface area contributed by atoms with E-state index < -0.39 is 0 Å². The van der Waals surface area contributed by atoms with E-state index in [0.717, 1.165) is 33.8 Å². The number of aryl methyl sites for hydroxylation is 2. The maximum Gasteiger partial charge on any atom is 0.167 e. The smallest absolute Gasteiger partial charge is 0.167 e. The summed E-state index contributed by atoms with van der Waals surface area (Å²) in [4.78, 5) is 4.51. The standard InChI is InChI=1S/C24H25ClN2O3.C2H6.C2H2/c1-14-7-6-8-15(2)23(14)27-20-10-9-17(13-26-20)11-16(3)21-22(25)18(29-4)12-19(30-5)24(21)28;2*1-2/h6-13,28H,1-5H3,(H,26,27);1-2H3;1-2H/b16-11+;;. The topological polar surface area (TPSA) is 63.6 Å². The maximum absolute atomic E-state index is 10.6. The van der Waals surface area contributed by atoms with Crippen LogP contribution in [0.15, 0.2) is 42.6 Å². The van der Waals surface area contributed by atoms with E-state index in [2.05, 4.69) is 49.1 Å². The molecule has 0 aliphatic heterocycles. The third-order valence-electron chi connectivity index (χ3n) is 4.91. The second-order valence-electron chi connectivity index (χ2n) is 7.01. The van der Waals surface area contributed by atoms with Gasteiger partial charge in [-0.25, -0.2) is 4.98 Å². The van der Waals surface area contributed by atoms with Gasteiger partial charge in [0, 0.05) is 23.5 Å². The molecular weight excluding hydrogens is 448 g/mol. The Morgan fingerprint density at radius 3 is 2.12 bits per heavy atom. The van der Waals surface area contributed by atoms with Crippen molar-refractivity contribution in [3.05, 3.63) is 69.9 Å². The number of para-hydroxylation sites is 1. The third-order valence-corrected chi connectivity index (χ3v) is 5.28. The number of aromatic hydroxyl groups is 1. The van der Waals surface area contributed by atoms with Crippen molar-refractivity contribution >= 4 is 34.8 Å². The van der Waals surface area contributed by atoms with Gasteiger partial charge in [-0.3, -0.25) is 0 Å². The van der Waals surface area contributed by atoms with Crippen molar-refractivity contribution < 1.29 is 14.6 Å². The predicted octanol–water partition coefficient (Wildman–Crippen LogP) is 7.65. The molecule has 0 radical (unpaired) electrons. The molecule has 0 aliphatic rings. The van der Waals surface area contributed by atoms with Crippen LogP contribution in [-0.2, 0) is 0 Å². The van der Waals surface area contributed by atoms with Crippen LogP contribution in [0.4, 0.5) is 11.5 Å². The number of nitrogens with zero attached hydrogens (tertiary/aromatic N) is 1. The molecule has 0 saturated heterocycles. The summed E-state index contributed by atoms with van der Waals surface area (Å²) in [5.74, 6) is 1.45. The number of phenolic OH excluding ortho intramolecular Hbond substituents is 1. The van der Waals surface area contributed by atoms with E-state index in [9.17, 15) is 5.11 Å². The van der Waals surface area contributed by atoms with E-state index in [-0.39, 0.29) is 5.75 Å². The van der Waals surface area contributed by atoms with Gasteiger partial charge in [-0.2, -0.15) is 0 Å². The molecule has 0 saturated carbocycles. The molecule has 1 aromatic heterocycles. The number of benzene rings is 2. The highest BCUT2D eigenvalue weighted by atomic mass is 35.5. The summed E-state index contributed by atoms with van der Waals surface area (Å²) in [5, 5.41) is 14.3. The second kappa shape index (κ2) is 13.8. The molecule has 0 amide bonds. The lowest BCUT2D eigenvalue weighted by Crippen LogP contribution is -1.98. The van der Waals surface area contributed by atoms with Gasteiger partial charge in [-0.15, -0.1) is 12.8 Å². The lowest BCUT2D eigenvalue weighted by atomic mass is 10.0. The summed E-state index contributed by atoms with van der Waals surface area (Å²) < 4.78 is 10.5. The predicted molar refractivity (Wildman–Crippen MR) is 144 cm³/mol. The fraction of sp³-hybridized carbons (Fsp3) is 0.250. The number of phenols is 1. The molecule has 2 N–H and O–H groups in total. The van der Waals surface area contributed by atoms with Crippen LogP contribution in [0.2, 0.25) is 5.02 Å². The highest BCUT2D eigenvalue weighted by Gasteiger charge is 2.19. The fourth-order valence-electron chi connectivity index (χ4n) is 3.29. The van der Waals surface area contributed by atoms with Crippen LogP contribution >= 0.6 is 11.6 Å². The number of pyridine rings is 1. The SMILES string of the molecule is C#C.CC.COc1cc(OC)c(Cl)c(/C(C)=C/c2ccc(Nc3c(C)cccc3C)nc2)c1O. The number of hydrogen-bond donors (Lipinski definition) is 2. The number of anilines is 2. The number of aromatic nitrogens is 1. The first-order chi connectivity index (χ1) is 16.3. The summed E-state index contributed by atoms with van der Waals surface area (Å²) in [7, 11) is 3.00. The van der Waals surface area contributed by atoms with Gasteiger partial charge in [0.15, 0.2) is 11.5 Å². The number of ether oxygens (including phenoxy) is 2. The van der Waals surface area contributed by atoms with Crippen molar-refractivity contribution in [3.63, 3.8) is 0 Å². The quantitative estimate of drug-likeness (QED) is 0.354. The zero-order valence-corrected chi connectivity index (χ0v) is 21.6. The molecule has 3 rings (SSSR count). The van der Waals surface area contributed by atoms with Crippen molar-refractivity contribution in [1.29, 1.82) is 0 Å². The molecule has 0 unspecified atom stereocenters. The van der Waals surface area contributed by atoms with Crippen molar-refractivity contribution in [1.82, 2.24) is 4.98 Å². The van der Waals surface area contributed by atoms with E-state index in [1.165, 1.54) is 14.2 Å². The van der Waals surface area contributed by atoms with Gasteiger partial charge in [0.25, 0.3) is 0 Å². The van der Waals surface area contributed by atoms with Gasteiger partial charge in [0.05, 0.1) is 19.2 Å². The molecule has 1 heterocycles. The Labute approximate surface area is 208 Å². The Balaban J connectivity index is 0.00000137. The highest BCUT2D eigenvalue weighted by molar-refractivity contribution is 6.34. The zero-order chi connectivity index (χ0) is 25.8. The minimum atomic E-state index is -0.0293. The molecule has 180 valence electrons. The molecule has 2 aromatic carbocycles. The Hall–Kier alpha value is -3.62. The van der Waals surface area contributed by atoms with Crippen molar-refractivity contribution in [2.45, 2.75) is 34.6 Å². The minimum absolute atomic E-state index is 0.0293. The minimum Gasteiger partial charge on any atom is -0.504 e. The van der Waals surface area contributed by atoms with E-state index >= 15 is 0 Å². The largest absolute Gasteiger partial charge is 0.504 e. The van der Waals surface area contributed by atoms with Gasteiger partial charge < -0.3 is 19.9 Å². The maximum atomic E-state index is 10.6. The summed E-state index contributed by atoms with van der Waals surface area (Å²) in [6.45, 7) is 9.99. The number of allylic oxidation sites excluding steroid dienone is 1. The average Bonchev–Trinajstić information content (AvgIpc) is 2.85. The van der Waals surface area contributed by atoms with Crippen LogP contribution in [0.25, 0.3) is 11.6 Å². The molecule has 6 heteroatoms. The first kappa shape index (κ1) is 28.4. The molecule has 0 spiro atoms. The van der Waals surface area contributed by atoms with Crippen LogP contribution in [0, 0.1) is 26.7 Å². The lowest BCUT2D eigenvalue weighted by molar-refractivity contribution is 0.363. The highest BCUT2D eigenvalue weighted by Crippen LogP contribution is 2.45. The van der Waals surface area contributed by atoms with Crippen molar-refractivity contribution in [2.75, 3.05) is 19.5 Å². The molecule has 0 bridgehead atoms. The summed E-state index contributed by atoms with van der Waals surface area (Å²) in [6, 6.07) is 11.6. The number of nitrogens with one attached hydrogen (secondary N) is 1. The van der Waals surface area contributed by atoms with Gasteiger partial charge in [0.2, 0.25) is 0 Å². The molecular formula is C28H33ClN2O3. The summed E-state index contributed by atoms with van der Waals surface area (Å²) in [5.41, 5.74) is 5.47. The molecule has 0 fully saturated rings. The van der Waals surface area contributed by atoms with Crippen LogP contribution < -0.4 is 14.8 Å². The average molecular weight is 481 g/mol. The number of terminal acetylenes is 1. The van der Waals surface area contributed by atoms with Crippen LogP contribution in [-0.4, -0.2) is 24.3 Å². The monoisotopic (exact) mass is 480 g/mol. The first-order valence-electron chi connectivity index (χ1n) is 10.8. The van der Waals surface area contributed by atoms with E-state index in [1.54, 1.807) is 12.3 Å². The van der Waals surface area contributed by atoms with E-state index in [0.29, 0.717) is 22.1 Å². The third kappa shape index (κ3) is 6.69. The Kier molecular flexibility index (Phi) is 11.5. The van der Waals surface area contributed by atoms with Gasteiger partial charge in [0.1, 0.15) is 11.6 Å². The molecule has 0 atom stereocenters. The Bertz CT molecular complexity index is 1090. The number of hydrogen-bond acceptors (Lipinski definition) is 5. The Morgan fingerprint density at radius 2 is 1.62 bits per heavy atom. The summed E-state index contributed by atoms with van der Waals surface area (Å²) in [6.07, 6.45) is 11.7. The van der Waals surface area contributed by atoms with E-state index in [1.807, 2.05) is 45.0 Å². The van der Waals surface area contributed by atoms with Crippen LogP contribution in [0.1, 0.15) is 43.0 Å². The fourth-order valence-corrected chi connectivity index (χ4v) is 3.66. The van der Waals surface area contributed by atoms with Gasteiger partial charge in [-0.05, 0) is 61.2 Å². The van der Waals surface area contributed by atoms with Crippen LogP contribution in [0.3, 0.4) is 0 Å². The van der Waals surface area contributed by atoms with Crippen molar-refractivity contribution in [3.8, 4) is 30.1 Å². The van der Waals surface area contributed by atoms with Gasteiger partial charge >= 0.3 is 0 Å².